The van der Waals surface area contributed by atoms with Gasteiger partial charge in [0.1, 0.15) is 0 Å². The lowest BCUT2D eigenvalue weighted by Crippen LogP contribution is -2.61. The molecule has 0 heterocycles. The average Bonchev–Trinajstić information content (AvgIpc) is 2.03. The largest absolute Gasteiger partial charge is 0.396 e. The highest BCUT2D eigenvalue weighted by molar-refractivity contribution is 5.85. The van der Waals surface area contributed by atoms with Crippen molar-refractivity contribution in [3.63, 3.8) is 0 Å². The summed E-state index contributed by atoms with van der Waals surface area (Å²) in [6.45, 7) is 4.92. The minimum Gasteiger partial charge on any atom is -0.396 e. The molecule has 3 rings (SSSR count). The van der Waals surface area contributed by atoms with Crippen molar-refractivity contribution >= 4 is 12.4 Å². The summed E-state index contributed by atoms with van der Waals surface area (Å²) in [6.07, 6.45) is 2.44. The minimum absolute atomic E-state index is 0. The number of hydrogen-bond acceptors (Lipinski definition) is 2. The van der Waals surface area contributed by atoms with Gasteiger partial charge in [-0.15, -0.1) is 12.4 Å². The number of rotatable bonds is 1. The molecule has 78 valence electrons. The summed E-state index contributed by atoms with van der Waals surface area (Å²) in [5.41, 5.74) is 6.54. The maximum atomic E-state index is 9.09. The Kier molecular flexibility index (Phi) is 2.96. The van der Waals surface area contributed by atoms with Crippen LogP contribution in [-0.2, 0) is 0 Å². The van der Waals surface area contributed by atoms with E-state index in [2.05, 4.69) is 13.8 Å². The molecule has 0 amide bonds. The van der Waals surface area contributed by atoms with E-state index in [1.54, 1.807) is 0 Å². The monoisotopic (exact) mass is 205 g/mol. The van der Waals surface area contributed by atoms with Crippen molar-refractivity contribution in [2.45, 2.75) is 32.7 Å². The van der Waals surface area contributed by atoms with E-state index in [4.69, 9.17) is 10.8 Å². The van der Waals surface area contributed by atoms with E-state index in [9.17, 15) is 0 Å². The molecule has 2 bridgehead atoms. The van der Waals surface area contributed by atoms with Crippen molar-refractivity contribution in [3.8, 4) is 0 Å². The molecule has 3 aliphatic rings. The first-order valence-electron chi connectivity index (χ1n) is 4.93. The normalized spacial score (nSPS) is 46.2. The minimum atomic E-state index is 0. The van der Waals surface area contributed by atoms with Gasteiger partial charge < -0.3 is 10.8 Å². The number of aliphatic hydroxyl groups excluding tert-OH is 1. The van der Waals surface area contributed by atoms with Crippen molar-refractivity contribution < 1.29 is 5.11 Å². The zero-order valence-electron chi connectivity index (χ0n) is 8.36. The lowest BCUT2D eigenvalue weighted by molar-refractivity contribution is -0.113. The molecule has 0 aromatic rings. The molecular formula is C10H20ClNO. The summed E-state index contributed by atoms with van der Waals surface area (Å²) in [4.78, 5) is 0. The highest BCUT2D eigenvalue weighted by atomic mass is 35.5. The molecule has 0 spiro atoms. The molecule has 0 radical (unpaired) electrons. The fourth-order valence-electron chi connectivity index (χ4n) is 3.16. The zero-order chi connectivity index (χ0) is 8.93. The quantitative estimate of drug-likeness (QED) is 0.680. The van der Waals surface area contributed by atoms with Gasteiger partial charge in [0.05, 0.1) is 0 Å². The Balaban J connectivity index is 0.000000845. The Labute approximate surface area is 86.3 Å². The molecule has 3 heteroatoms. The van der Waals surface area contributed by atoms with Crippen molar-refractivity contribution in [3.05, 3.63) is 0 Å². The average molecular weight is 206 g/mol. The van der Waals surface area contributed by atoms with Gasteiger partial charge in [0, 0.05) is 12.6 Å². The third-order valence-corrected chi connectivity index (χ3v) is 4.38. The van der Waals surface area contributed by atoms with Crippen LogP contribution in [0.3, 0.4) is 0 Å². The molecule has 4 atom stereocenters. The number of hydrogen-bond donors (Lipinski definition) is 2. The van der Waals surface area contributed by atoms with Gasteiger partial charge in [-0.2, -0.15) is 0 Å². The lowest BCUT2D eigenvalue weighted by atomic mass is 9.45. The van der Waals surface area contributed by atoms with Crippen LogP contribution in [0.2, 0.25) is 0 Å². The highest BCUT2D eigenvalue weighted by Gasteiger charge is 2.56. The summed E-state index contributed by atoms with van der Waals surface area (Å²) in [5, 5.41) is 9.09. The summed E-state index contributed by atoms with van der Waals surface area (Å²) in [7, 11) is 0. The molecule has 0 aromatic heterocycles. The van der Waals surface area contributed by atoms with Crippen LogP contribution < -0.4 is 5.73 Å². The molecule has 0 aliphatic heterocycles. The molecule has 0 unspecified atom stereocenters. The van der Waals surface area contributed by atoms with Gasteiger partial charge in [-0.1, -0.05) is 13.8 Å². The highest BCUT2D eigenvalue weighted by Crippen LogP contribution is 2.59. The van der Waals surface area contributed by atoms with Crippen molar-refractivity contribution in [1.29, 1.82) is 0 Å². The molecule has 13 heavy (non-hydrogen) atoms. The van der Waals surface area contributed by atoms with Crippen LogP contribution in [-0.4, -0.2) is 17.8 Å². The first-order valence-corrected chi connectivity index (χ1v) is 4.93. The maximum absolute atomic E-state index is 9.09. The van der Waals surface area contributed by atoms with Crippen LogP contribution in [0, 0.1) is 23.2 Å². The van der Waals surface area contributed by atoms with Gasteiger partial charge in [0.2, 0.25) is 0 Å². The van der Waals surface area contributed by atoms with Crippen LogP contribution in [0.25, 0.3) is 0 Å². The van der Waals surface area contributed by atoms with E-state index < -0.39 is 0 Å². The molecule has 3 N–H and O–H groups in total. The summed E-state index contributed by atoms with van der Waals surface area (Å²) in [6, 6.07) is 0.245. The topological polar surface area (TPSA) is 46.2 Å². The van der Waals surface area contributed by atoms with E-state index in [1.165, 1.54) is 6.42 Å². The number of aliphatic hydroxyl groups is 1. The van der Waals surface area contributed by atoms with Crippen LogP contribution in [0.4, 0.5) is 0 Å². The Morgan fingerprint density at radius 3 is 2.38 bits per heavy atom. The van der Waals surface area contributed by atoms with E-state index in [-0.39, 0.29) is 25.1 Å². The Morgan fingerprint density at radius 2 is 2.00 bits per heavy atom. The van der Waals surface area contributed by atoms with Crippen LogP contribution in [0.15, 0.2) is 0 Å². The predicted octanol–water partition coefficient (Wildman–Crippen LogP) is 1.41. The Hall–Kier alpha value is 0.210. The Bertz CT molecular complexity index is 195. The number of fused-ring (bicyclic) bond motifs is 2. The van der Waals surface area contributed by atoms with E-state index in [0.717, 1.165) is 12.3 Å². The molecule has 0 saturated heterocycles. The molecule has 0 aromatic carbocycles. The SMILES string of the molecule is CC1(C)[C@@H]2C[C@@H](CO)[C@@H](N)[C@H]1C2.Cl. The second kappa shape index (κ2) is 3.41. The fourth-order valence-corrected chi connectivity index (χ4v) is 3.16. The van der Waals surface area contributed by atoms with Crippen molar-refractivity contribution in [2.75, 3.05) is 6.61 Å². The summed E-state index contributed by atoms with van der Waals surface area (Å²) in [5.74, 6) is 1.86. The smallest absolute Gasteiger partial charge is 0.0474 e. The standard InChI is InChI=1S/C10H19NO.ClH/c1-10(2)7-3-6(5-12)9(11)8(10)4-7;/h6-9,12H,3-5,11H2,1-2H3;1H/t6-,7+,8+,9+;/m0./s1. The van der Waals surface area contributed by atoms with Crippen LogP contribution in [0.1, 0.15) is 26.7 Å². The predicted molar refractivity (Wildman–Crippen MR) is 55.8 cm³/mol. The van der Waals surface area contributed by atoms with Gasteiger partial charge in [-0.05, 0) is 36.0 Å². The summed E-state index contributed by atoms with van der Waals surface area (Å²) < 4.78 is 0. The summed E-state index contributed by atoms with van der Waals surface area (Å²) >= 11 is 0. The molecule has 3 saturated carbocycles. The van der Waals surface area contributed by atoms with Gasteiger partial charge in [0.15, 0.2) is 0 Å². The Morgan fingerprint density at radius 1 is 1.38 bits per heavy atom. The molecular weight excluding hydrogens is 186 g/mol. The van der Waals surface area contributed by atoms with Gasteiger partial charge in [-0.3, -0.25) is 0 Å². The maximum Gasteiger partial charge on any atom is 0.0474 e. The van der Waals surface area contributed by atoms with E-state index in [1.807, 2.05) is 0 Å². The van der Waals surface area contributed by atoms with Gasteiger partial charge in [0.25, 0.3) is 0 Å². The van der Waals surface area contributed by atoms with E-state index >= 15 is 0 Å². The number of nitrogens with two attached hydrogens (primary N) is 1. The van der Waals surface area contributed by atoms with E-state index in [0.29, 0.717) is 17.3 Å². The van der Waals surface area contributed by atoms with Crippen LogP contribution >= 0.6 is 12.4 Å². The first-order chi connectivity index (χ1) is 5.57. The molecule has 3 fully saturated rings. The van der Waals surface area contributed by atoms with Gasteiger partial charge in [-0.25, -0.2) is 0 Å². The second-order valence-corrected chi connectivity index (χ2v) is 5.12. The van der Waals surface area contributed by atoms with Crippen LogP contribution in [0.5, 0.6) is 0 Å². The number of halogens is 1. The third kappa shape index (κ3) is 1.39. The van der Waals surface area contributed by atoms with Gasteiger partial charge >= 0.3 is 0 Å². The van der Waals surface area contributed by atoms with Crippen molar-refractivity contribution in [2.24, 2.45) is 28.9 Å². The van der Waals surface area contributed by atoms with Crippen molar-refractivity contribution in [1.82, 2.24) is 0 Å². The molecule has 2 nitrogen and oxygen atoms in total. The first kappa shape index (κ1) is 11.3. The fraction of sp³-hybridized carbons (Fsp3) is 1.00. The zero-order valence-corrected chi connectivity index (χ0v) is 9.18. The molecule has 3 aliphatic carbocycles. The second-order valence-electron chi connectivity index (χ2n) is 5.12. The third-order valence-electron chi connectivity index (χ3n) is 4.38. The lowest BCUT2D eigenvalue weighted by Gasteiger charge is -2.61.